The molecule has 0 spiro atoms. The number of nitrogens with one attached hydrogen (secondary N) is 3. The van der Waals surface area contributed by atoms with Crippen molar-refractivity contribution in [1.29, 1.82) is 0 Å². The number of hydrogen-bond donors (Lipinski definition) is 3. The van der Waals surface area contributed by atoms with Crippen LogP contribution >= 0.6 is 22.9 Å². The zero-order valence-corrected chi connectivity index (χ0v) is 17.1. The smallest absolute Gasteiger partial charge is 0.265 e. The summed E-state index contributed by atoms with van der Waals surface area (Å²) in [6.45, 7) is 0.253. The molecule has 3 amide bonds. The fourth-order valence-electron chi connectivity index (χ4n) is 2.61. The van der Waals surface area contributed by atoms with E-state index in [9.17, 15) is 14.4 Å². The average molecular weight is 428 g/mol. The van der Waals surface area contributed by atoms with Gasteiger partial charge in [0, 0.05) is 24.7 Å². The topological polar surface area (TPSA) is 87.3 Å². The first-order valence-corrected chi connectivity index (χ1v) is 9.97. The highest BCUT2D eigenvalue weighted by Gasteiger charge is 2.13. The van der Waals surface area contributed by atoms with Crippen LogP contribution in [0.4, 0.5) is 5.69 Å². The Morgan fingerprint density at radius 3 is 2.45 bits per heavy atom. The van der Waals surface area contributed by atoms with Gasteiger partial charge in [-0.15, -0.1) is 11.3 Å². The Kier molecular flexibility index (Phi) is 6.64. The Balaban J connectivity index is 1.68. The molecule has 0 atom stereocenters. The second-order valence-electron chi connectivity index (χ2n) is 6.09. The maximum atomic E-state index is 12.5. The molecule has 0 fully saturated rings. The molecule has 29 heavy (non-hydrogen) atoms. The maximum Gasteiger partial charge on any atom is 0.265 e. The third-order valence-corrected chi connectivity index (χ3v) is 5.29. The highest BCUT2D eigenvalue weighted by atomic mass is 35.5. The van der Waals surface area contributed by atoms with Crippen LogP contribution in [0.2, 0.25) is 5.02 Å². The van der Waals surface area contributed by atoms with Crippen LogP contribution in [-0.4, -0.2) is 24.8 Å². The number of carbonyl (C=O) groups is 3. The summed E-state index contributed by atoms with van der Waals surface area (Å²) in [5.74, 6) is -0.800. The predicted molar refractivity (Wildman–Crippen MR) is 115 cm³/mol. The summed E-state index contributed by atoms with van der Waals surface area (Å²) in [6.07, 6.45) is 0. The Hall–Kier alpha value is -3.16. The van der Waals surface area contributed by atoms with E-state index in [1.165, 1.54) is 17.4 Å². The molecule has 1 heterocycles. The molecular weight excluding hydrogens is 410 g/mol. The largest absolute Gasteiger partial charge is 0.355 e. The summed E-state index contributed by atoms with van der Waals surface area (Å²) in [7, 11) is 1.56. The molecule has 8 heteroatoms. The van der Waals surface area contributed by atoms with Crippen LogP contribution in [0.15, 0.2) is 60.0 Å². The monoisotopic (exact) mass is 427 g/mol. The van der Waals surface area contributed by atoms with Crippen LogP contribution in [-0.2, 0) is 6.54 Å². The van der Waals surface area contributed by atoms with Crippen molar-refractivity contribution in [1.82, 2.24) is 10.6 Å². The lowest BCUT2D eigenvalue weighted by Crippen LogP contribution is -2.23. The van der Waals surface area contributed by atoms with Crippen LogP contribution < -0.4 is 16.0 Å². The Labute approximate surface area is 176 Å². The van der Waals surface area contributed by atoms with Gasteiger partial charge in [0.25, 0.3) is 17.7 Å². The van der Waals surface area contributed by atoms with E-state index >= 15 is 0 Å². The zero-order valence-electron chi connectivity index (χ0n) is 15.5. The summed E-state index contributed by atoms with van der Waals surface area (Å²) < 4.78 is 0. The van der Waals surface area contributed by atoms with Gasteiger partial charge in [-0.25, -0.2) is 0 Å². The van der Waals surface area contributed by atoms with E-state index in [4.69, 9.17) is 11.6 Å². The minimum atomic E-state index is -0.321. The molecule has 1 aromatic heterocycles. The third kappa shape index (κ3) is 5.22. The molecule has 0 aliphatic carbocycles. The molecule has 0 bridgehead atoms. The summed E-state index contributed by atoms with van der Waals surface area (Å²) in [4.78, 5) is 37.0. The molecule has 3 rings (SSSR count). The molecule has 0 saturated carbocycles. The summed E-state index contributed by atoms with van der Waals surface area (Å²) in [5, 5.41) is 10.2. The van der Waals surface area contributed by atoms with Gasteiger partial charge < -0.3 is 16.0 Å². The number of rotatable bonds is 6. The number of benzene rings is 2. The van der Waals surface area contributed by atoms with Gasteiger partial charge in [-0.2, -0.15) is 0 Å². The molecule has 3 N–H and O–H groups in total. The third-order valence-electron chi connectivity index (χ3n) is 4.09. The highest BCUT2D eigenvalue weighted by molar-refractivity contribution is 7.12. The summed E-state index contributed by atoms with van der Waals surface area (Å²) in [5.41, 5.74) is 2.03. The van der Waals surface area contributed by atoms with Crippen LogP contribution in [0.1, 0.15) is 36.0 Å². The maximum absolute atomic E-state index is 12.5. The lowest BCUT2D eigenvalue weighted by Gasteiger charge is -2.10. The van der Waals surface area contributed by atoms with E-state index in [0.29, 0.717) is 26.7 Å². The Morgan fingerprint density at radius 2 is 1.72 bits per heavy atom. The predicted octanol–water partition coefficient (Wildman–Crippen LogP) is 3.94. The number of carbonyl (C=O) groups excluding carboxylic acids is 3. The standard InChI is InChI=1S/C21H18ClN3O3S/c1-23-19(26)14-5-2-4-13(10-14)12-24-20(27)15-7-8-16(22)17(11-15)25-21(28)18-6-3-9-29-18/h2-11H,12H2,1H3,(H,23,26)(H,24,27)(H,25,28). The van der Waals surface area contributed by atoms with Gasteiger partial charge in [0.15, 0.2) is 0 Å². The highest BCUT2D eigenvalue weighted by Crippen LogP contribution is 2.24. The average Bonchev–Trinajstić information content (AvgIpc) is 3.28. The molecular formula is C21H18ClN3O3S. The van der Waals surface area contributed by atoms with Crippen molar-refractivity contribution in [2.45, 2.75) is 6.54 Å². The van der Waals surface area contributed by atoms with Crippen LogP contribution in [0.5, 0.6) is 0 Å². The number of anilines is 1. The minimum Gasteiger partial charge on any atom is -0.355 e. The van der Waals surface area contributed by atoms with E-state index in [1.807, 2.05) is 6.07 Å². The van der Waals surface area contributed by atoms with E-state index in [0.717, 1.165) is 5.56 Å². The van der Waals surface area contributed by atoms with Gasteiger partial charge in [0.1, 0.15) is 0 Å². The molecule has 3 aromatic rings. The van der Waals surface area contributed by atoms with Gasteiger partial charge in [-0.1, -0.05) is 29.8 Å². The number of hydrogen-bond acceptors (Lipinski definition) is 4. The van der Waals surface area contributed by atoms with E-state index in [1.54, 1.807) is 54.9 Å². The molecule has 0 saturated heterocycles. The first-order valence-electron chi connectivity index (χ1n) is 8.71. The van der Waals surface area contributed by atoms with Gasteiger partial charge in [0.2, 0.25) is 0 Å². The molecule has 6 nitrogen and oxygen atoms in total. The fraction of sp³-hybridized carbons (Fsp3) is 0.0952. The van der Waals surface area contributed by atoms with Crippen LogP contribution in [0.25, 0.3) is 0 Å². The van der Waals surface area contributed by atoms with Crippen molar-refractivity contribution in [3.8, 4) is 0 Å². The first-order chi connectivity index (χ1) is 14.0. The lowest BCUT2D eigenvalue weighted by molar-refractivity contribution is 0.0948. The number of thiophene rings is 1. The normalized spacial score (nSPS) is 10.3. The van der Waals surface area contributed by atoms with Gasteiger partial charge in [-0.3, -0.25) is 14.4 Å². The van der Waals surface area contributed by atoms with E-state index in [2.05, 4.69) is 16.0 Å². The van der Waals surface area contributed by atoms with E-state index in [-0.39, 0.29) is 24.3 Å². The van der Waals surface area contributed by atoms with Gasteiger partial charge >= 0.3 is 0 Å². The van der Waals surface area contributed by atoms with Crippen molar-refractivity contribution < 1.29 is 14.4 Å². The molecule has 0 aliphatic heterocycles. The van der Waals surface area contributed by atoms with Gasteiger partial charge in [-0.05, 0) is 47.3 Å². The lowest BCUT2D eigenvalue weighted by atomic mass is 10.1. The second kappa shape index (κ2) is 9.36. The summed E-state index contributed by atoms with van der Waals surface area (Å²) >= 11 is 7.47. The van der Waals surface area contributed by atoms with E-state index < -0.39 is 0 Å². The molecule has 0 unspecified atom stereocenters. The van der Waals surface area contributed by atoms with Crippen LogP contribution in [0.3, 0.4) is 0 Å². The molecule has 148 valence electrons. The SMILES string of the molecule is CNC(=O)c1cccc(CNC(=O)c2ccc(Cl)c(NC(=O)c3cccs3)c2)c1. The number of amides is 3. The van der Waals surface area contributed by atoms with Crippen molar-refractivity contribution in [3.05, 3.63) is 86.6 Å². The zero-order chi connectivity index (χ0) is 20.8. The van der Waals surface area contributed by atoms with Crippen molar-refractivity contribution in [2.24, 2.45) is 0 Å². The first kappa shape index (κ1) is 20.6. The molecule has 0 radical (unpaired) electrons. The minimum absolute atomic E-state index is 0.193. The van der Waals surface area contributed by atoms with Crippen molar-refractivity contribution >= 4 is 46.3 Å². The molecule has 2 aromatic carbocycles. The van der Waals surface area contributed by atoms with Crippen molar-refractivity contribution in [2.75, 3.05) is 12.4 Å². The van der Waals surface area contributed by atoms with Crippen molar-refractivity contribution in [3.63, 3.8) is 0 Å². The van der Waals surface area contributed by atoms with Crippen LogP contribution in [0, 0.1) is 0 Å². The molecule has 0 aliphatic rings. The Bertz CT molecular complexity index is 1050. The van der Waals surface area contributed by atoms with Gasteiger partial charge in [0.05, 0.1) is 15.6 Å². The Morgan fingerprint density at radius 1 is 0.931 bits per heavy atom. The quantitative estimate of drug-likeness (QED) is 0.556. The number of halogens is 1. The second-order valence-corrected chi connectivity index (χ2v) is 7.44. The fourth-order valence-corrected chi connectivity index (χ4v) is 3.39. The summed E-state index contributed by atoms with van der Waals surface area (Å²) in [6, 6.07) is 15.2.